The van der Waals surface area contributed by atoms with Gasteiger partial charge in [-0.2, -0.15) is 0 Å². The predicted molar refractivity (Wildman–Crippen MR) is 191 cm³/mol. The van der Waals surface area contributed by atoms with Crippen LogP contribution in [-0.4, -0.2) is 77.1 Å². The zero-order valence-electron chi connectivity index (χ0n) is 29.9. The van der Waals surface area contributed by atoms with E-state index in [-0.39, 0.29) is 25.2 Å². The molecule has 49 heavy (non-hydrogen) atoms. The molecule has 2 rings (SSSR count). The highest BCUT2D eigenvalue weighted by molar-refractivity contribution is 5.69. The molecule has 2 atom stereocenters. The molecule has 2 aromatic rings. The molecule has 0 fully saturated rings. The SMILES string of the molecule is CC(C)(C)OC(=O)NCCCCN(CC(O)CCCCCC(=O)OCc1ccccc1)CC(O)CCCCCC(=O)OCc1ccccc1. The number of aliphatic hydroxyl groups is 2. The minimum Gasteiger partial charge on any atom is -0.461 e. The van der Waals surface area contributed by atoms with Gasteiger partial charge in [-0.05, 0) is 77.0 Å². The van der Waals surface area contributed by atoms with Gasteiger partial charge in [0.2, 0.25) is 0 Å². The van der Waals surface area contributed by atoms with Gasteiger partial charge in [0.05, 0.1) is 12.2 Å². The highest BCUT2D eigenvalue weighted by atomic mass is 16.6. The summed E-state index contributed by atoms with van der Waals surface area (Å²) in [6, 6.07) is 19.2. The number of rotatable bonds is 25. The number of carbonyl (C=O) groups excluding carboxylic acids is 3. The van der Waals surface area contributed by atoms with Crippen molar-refractivity contribution in [2.75, 3.05) is 26.2 Å². The van der Waals surface area contributed by atoms with Crippen LogP contribution in [0.1, 0.15) is 109 Å². The second-order valence-electron chi connectivity index (χ2n) is 13.7. The molecule has 0 heterocycles. The number of alkyl carbamates (subject to hydrolysis) is 1. The molecule has 10 nitrogen and oxygen atoms in total. The fourth-order valence-electron chi connectivity index (χ4n) is 5.27. The lowest BCUT2D eigenvalue weighted by Gasteiger charge is -2.27. The Labute approximate surface area is 293 Å². The number of nitrogens with one attached hydrogen (secondary N) is 1. The zero-order valence-corrected chi connectivity index (χ0v) is 29.9. The van der Waals surface area contributed by atoms with Gasteiger partial charge in [0, 0.05) is 32.5 Å². The first-order valence-corrected chi connectivity index (χ1v) is 17.9. The maximum atomic E-state index is 12.1. The van der Waals surface area contributed by atoms with Crippen molar-refractivity contribution in [3.63, 3.8) is 0 Å². The molecule has 0 bridgehead atoms. The normalized spacial score (nSPS) is 12.7. The average molecular weight is 685 g/mol. The molecule has 10 heteroatoms. The maximum Gasteiger partial charge on any atom is 0.407 e. The van der Waals surface area contributed by atoms with Crippen LogP contribution in [0.4, 0.5) is 4.79 Å². The van der Waals surface area contributed by atoms with Gasteiger partial charge < -0.3 is 29.7 Å². The Morgan fingerprint density at radius 1 is 0.673 bits per heavy atom. The molecule has 0 aliphatic rings. The molecular formula is C39H60N2O8. The molecule has 0 radical (unpaired) electrons. The molecule has 3 N–H and O–H groups in total. The van der Waals surface area contributed by atoms with Crippen molar-refractivity contribution >= 4 is 18.0 Å². The van der Waals surface area contributed by atoms with Gasteiger partial charge in [0.15, 0.2) is 0 Å². The Bertz CT molecular complexity index is 1100. The van der Waals surface area contributed by atoms with E-state index >= 15 is 0 Å². The molecule has 0 saturated heterocycles. The van der Waals surface area contributed by atoms with Crippen molar-refractivity contribution in [1.82, 2.24) is 10.2 Å². The number of ether oxygens (including phenoxy) is 3. The van der Waals surface area contributed by atoms with Gasteiger partial charge in [-0.1, -0.05) is 86.3 Å². The minimum absolute atomic E-state index is 0.214. The van der Waals surface area contributed by atoms with Crippen molar-refractivity contribution in [3.05, 3.63) is 71.8 Å². The first-order valence-electron chi connectivity index (χ1n) is 17.9. The van der Waals surface area contributed by atoms with Crippen molar-refractivity contribution in [1.29, 1.82) is 0 Å². The van der Waals surface area contributed by atoms with Crippen LogP contribution in [0.2, 0.25) is 0 Å². The standard InChI is InChI=1S/C39H60N2O8/c1-39(2,3)49-38(46)40-26-16-17-27-41(28-34(42)22-12-6-14-24-36(44)47-30-32-18-8-4-9-19-32)29-35(43)23-13-7-15-25-37(45)48-31-33-20-10-5-11-21-33/h4-5,8-11,18-21,34-35,42-43H,6-7,12-17,22-31H2,1-3H3,(H,40,46). The third-order valence-corrected chi connectivity index (χ3v) is 7.83. The Hall–Kier alpha value is -3.47. The van der Waals surface area contributed by atoms with E-state index in [9.17, 15) is 24.6 Å². The van der Waals surface area contributed by atoms with Crippen LogP contribution >= 0.6 is 0 Å². The average Bonchev–Trinajstić information content (AvgIpc) is 3.06. The van der Waals surface area contributed by atoms with E-state index in [1.165, 1.54) is 0 Å². The summed E-state index contributed by atoms with van der Waals surface area (Å²) >= 11 is 0. The molecule has 0 spiro atoms. The summed E-state index contributed by atoms with van der Waals surface area (Å²) in [6.45, 7) is 8.05. The lowest BCUT2D eigenvalue weighted by Crippen LogP contribution is -2.39. The molecule has 0 aliphatic heterocycles. The number of hydrogen-bond donors (Lipinski definition) is 3. The second-order valence-corrected chi connectivity index (χ2v) is 13.7. The van der Waals surface area contributed by atoms with Crippen LogP contribution in [0, 0.1) is 0 Å². The molecule has 1 amide bonds. The predicted octanol–water partition coefficient (Wildman–Crippen LogP) is 6.70. The molecule has 2 aromatic carbocycles. The first kappa shape index (κ1) is 41.7. The smallest absolute Gasteiger partial charge is 0.407 e. The van der Waals surface area contributed by atoms with E-state index in [1.807, 2.05) is 81.4 Å². The second kappa shape index (κ2) is 24.6. The molecule has 2 unspecified atom stereocenters. The molecule has 0 aromatic heterocycles. The fourth-order valence-corrected chi connectivity index (χ4v) is 5.27. The minimum atomic E-state index is -0.556. The van der Waals surface area contributed by atoms with E-state index in [0.29, 0.717) is 64.7 Å². The van der Waals surface area contributed by atoms with Gasteiger partial charge in [0.25, 0.3) is 0 Å². The van der Waals surface area contributed by atoms with Crippen molar-refractivity contribution < 1.29 is 38.8 Å². The summed E-state index contributed by atoms with van der Waals surface area (Å²) in [7, 11) is 0. The fraction of sp³-hybridized carbons (Fsp3) is 0.615. The number of esters is 2. The van der Waals surface area contributed by atoms with E-state index < -0.39 is 23.9 Å². The summed E-state index contributed by atoms with van der Waals surface area (Å²) in [5, 5.41) is 24.4. The molecule has 0 saturated carbocycles. The monoisotopic (exact) mass is 684 g/mol. The summed E-state index contributed by atoms with van der Waals surface area (Å²) in [5.41, 5.74) is 1.37. The quantitative estimate of drug-likeness (QED) is 0.0593. The van der Waals surface area contributed by atoms with Gasteiger partial charge in [-0.3, -0.25) is 14.5 Å². The van der Waals surface area contributed by atoms with Crippen LogP contribution in [0.25, 0.3) is 0 Å². The summed E-state index contributed by atoms with van der Waals surface area (Å²) in [4.78, 5) is 38.2. The molecule has 274 valence electrons. The maximum absolute atomic E-state index is 12.1. The number of aliphatic hydroxyl groups excluding tert-OH is 2. The number of benzene rings is 2. The van der Waals surface area contributed by atoms with Gasteiger partial charge >= 0.3 is 18.0 Å². The van der Waals surface area contributed by atoms with Crippen LogP contribution in [0.15, 0.2) is 60.7 Å². The number of hydrogen-bond acceptors (Lipinski definition) is 9. The number of unbranched alkanes of at least 4 members (excludes halogenated alkanes) is 5. The highest BCUT2D eigenvalue weighted by Gasteiger charge is 2.18. The van der Waals surface area contributed by atoms with E-state index in [0.717, 1.165) is 49.7 Å². The largest absolute Gasteiger partial charge is 0.461 e. The van der Waals surface area contributed by atoms with Crippen LogP contribution in [0.3, 0.4) is 0 Å². The Kier molecular flexibility index (Phi) is 21.0. The topological polar surface area (TPSA) is 135 Å². The third kappa shape index (κ3) is 22.7. The van der Waals surface area contributed by atoms with Gasteiger partial charge in [-0.25, -0.2) is 4.79 Å². The first-order chi connectivity index (χ1) is 23.5. The van der Waals surface area contributed by atoms with Crippen LogP contribution < -0.4 is 5.32 Å². The number of nitrogens with zero attached hydrogens (tertiary/aromatic N) is 1. The molecular weight excluding hydrogens is 624 g/mol. The highest BCUT2D eigenvalue weighted by Crippen LogP contribution is 2.13. The van der Waals surface area contributed by atoms with E-state index in [4.69, 9.17) is 14.2 Å². The third-order valence-electron chi connectivity index (χ3n) is 7.83. The summed E-state index contributed by atoms with van der Waals surface area (Å²) in [6.07, 6.45) is 6.51. The lowest BCUT2D eigenvalue weighted by molar-refractivity contribution is -0.146. The Morgan fingerprint density at radius 3 is 1.59 bits per heavy atom. The van der Waals surface area contributed by atoms with Crippen molar-refractivity contribution in [3.8, 4) is 0 Å². The van der Waals surface area contributed by atoms with Gasteiger partial charge in [0.1, 0.15) is 18.8 Å². The van der Waals surface area contributed by atoms with E-state index in [1.54, 1.807) is 0 Å². The molecule has 0 aliphatic carbocycles. The lowest BCUT2D eigenvalue weighted by atomic mass is 10.1. The van der Waals surface area contributed by atoms with E-state index in [2.05, 4.69) is 10.2 Å². The van der Waals surface area contributed by atoms with Crippen LogP contribution in [0.5, 0.6) is 0 Å². The summed E-state index contributed by atoms with van der Waals surface area (Å²) < 4.78 is 16.0. The zero-order chi connectivity index (χ0) is 35.7. The summed E-state index contributed by atoms with van der Waals surface area (Å²) in [5.74, 6) is -0.428. The Morgan fingerprint density at radius 2 is 1.14 bits per heavy atom. The van der Waals surface area contributed by atoms with Crippen molar-refractivity contribution in [2.24, 2.45) is 0 Å². The number of carbonyl (C=O) groups is 3. The van der Waals surface area contributed by atoms with Gasteiger partial charge in [-0.15, -0.1) is 0 Å². The Balaban J connectivity index is 1.67. The van der Waals surface area contributed by atoms with Crippen molar-refractivity contribution in [2.45, 2.75) is 129 Å². The van der Waals surface area contributed by atoms with Crippen LogP contribution in [-0.2, 0) is 37.0 Å². The number of amides is 1.